The van der Waals surface area contributed by atoms with Gasteiger partial charge in [-0.25, -0.2) is 0 Å². The molecule has 4 nitrogen and oxygen atoms in total. The normalized spacial score (nSPS) is 20.6. The predicted molar refractivity (Wildman–Crippen MR) is 56.8 cm³/mol. The molecule has 1 aliphatic heterocycles. The molecule has 3 N–H and O–H groups in total. The van der Waals surface area contributed by atoms with Gasteiger partial charge in [0.25, 0.3) is 0 Å². The molecule has 15 heavy (non-hydrogen) atoms. The highest BCUT2D eigenvalue weighted by Crippen LogP contribution is 2.30. The minimum atomic E-state index is -0.831. The topological polar surface area (TPSA) is 72.5 Å². The Morgan fingerprint density at radius 2 is 2.20 bits per heavy atom. The number of aliphatic hydroxyl groups is 1. The summed E-state index contributed by atoms with van der Waals surface area (Å²) in [6.07, 6.45) is -0.831. The number of nitrogens with two attached hydrogens (primary N) is 1. The van der Waals surface area contributed by atoms with Gasteiger partial charge in [0.2, 0.25) is 17.4 Å². The number of ether oxygens (including phenoxy) is 1. The second-order valence-electron chi connectivity index (χ2n) is 3.13. The lowest BCUT2D eigenvalue weighted by atomic mass is 10.1. The zero-order chi connectivity index (χ0) is 11.0. The van der Waals surface area contributed by atoms with Crippen molar-refractivity contribution < 1.29 is 14.6 Å². The monoisotopic (exact) mass is 269 g/mol. The number of rotatable bonds is 1. The summed E-state index contributed by atoms with van der Waals surface area (Å²) in [7, 11) is 0. The van der Waals surface area contributed by atoms with Crippen molar-refractivity contribution in [3.63, 3.8) is 0 Å². The van der Waals surface area contributed by atoms with Crippen molar-refractivity contribution in [2.45, 2.75) is 6.10 Å². The van der Waals surface area contributed by atoms with E-state index in [0.717, 1.165) is 4.47 Å². The van der Waals surface area contributed by atoms with Crippen LogP contribution in [0.1, 0.15) is 11.7 Å². The Labute approximate surface area is 94.5 Å². The van der Waals surface area contributed by atoms with Gasteiger partial charge in [0.15, 0.2) is 6.10 Å². The molecule has 1 aliphatic rings. The van der Waals surface area contributed by atoms with Crippen molar-refractivity contribution in [1.82, 2.24) is 0 Å². The fourth-order valence-electron chi connectivity index (χ4n) is 1.37. The van der Waals surface area contributed by atoms with Gasteiger partial charge in [-0.2, -0.15) is 0 Å². The average molecular weight is 270 g/mol. The molecule has 0 radical (unpaired) electrons. The van der Waals surface area contributed by atoms with E-state index in [-0.39, 0.29) is 5.88 Å². The van der Waals surface area contributed by atoms with Gasteiger partial charge in [-0.15, -0.1) is 0 Å². The molecule has 0 aliphatic carbocycles. The molecule has 0 saturated heterocycles. The molecule has 1 aromatic rings. The summed E-state index contributed by atoms with van der Waals surface area (Å²) in [6, 6.07) is 7.09. The minimum Gasteiger partial charge on any atom is -0.501 e. The van der Waals surface area contributed by atoms with Crippen LogP contribution in [0.3, 0.4) is 0 Å². The summed E-state index contributed by atoms with van der Waals surface area (Å²) in [5.41, 5.74) is 5.96. The van der Waals surface area contributed by atoms with Crippen LogP contribution in [0.4, 0.5) is 0 Å². The standard InChI is InChI=1S/C10H8BrNO3/c11-6-3-1-2-5(4-6)9-7(13)8(14)10(12)15-9/h1-4,9,14H,12H2. The van der Waals surface area contributed by atoms with E-state index >= 15 is 0 Å². The van der Waals surface area contributed by atoms with Crippen LogP contribution in [0.2, 0.25) is 0 Å². The first kappa shape index (κ1) is 10.0. The molecule has 0 spiro atoms. The molecule has 0 fully saturated rings. The molecule has 1 unspecified atom stereocenters. The zero-order valence-electron chi connectivity index (χ0n) is 7.61. The van der Waals surface area contributed by atoms with E-state index in [1.165, 1.54) is 0 Å². The first-order chi connectivity index (χ1) is 7.09. The van der Waals surface area contributed by atoms with Crippen molar-refractivity contribution >= 4 is 21.7 Å². The van der Waals surface area contributed by atoms with Crippen LogP contribution in [-0.2, 0) is 9.53 Å². The molecular weight excluding hydrogens is 262 g/mol. The summed E-state index contributed by atoms with van der Waals surface area (Å²) in [5.74, 6) is -1.23. The largest absolute Gasteiger partial charge is 0.501 e. The summed E-state index contributed by atoms with van der Waals surface area (Å²) in [4.78, 5) is 11.5. The predicted octanol–water partition coefficient (Wildman–Crippen LogP) is 1.78. The van der Waals surface area contributed by atoms with E-state index in [2.05, 4.69) is 15.9 Å². The highest BCUT2D eigenvalue weighted by molar-refractivity contribution is 9.10. The third-order valence-electron chi connectivity index (χ3n) is 2.10. The molecule has 1 atom stereocenters. The van der Waals surface area contributed by atoms with Crippen molar-refractivity contribution in [2.75, 3.05) is 0 Å². The number of carbonyl (C=O) groups excluding carboxylic acids is 1. The van der Waals surface area contributed by atoms with Gasteiger partial charge < -0.3 is 15.6 Å². The Morgan fingerprint density at radius 1 is 1.47 bits per heavy atom. The second-order valence-corrected chi connectivity index (χ2v) is 4.05. The maximum absolute atomic E-state index is 11.5. The average Bonchev–Trinajstić information content (AvgIpc) is 2.46. The van der Waals surface area contributed by atoms with E-state index in [1.54, 1.807) is 18.2 Å². The van der Waals surface area contributed by atoms with Crippen LogP contribution in [0.25, 0.3) is 0 Å². The molecule has 0 bridgehead atoms. The molecule has 2 rings (SSSR count). The summed E-state index contributed by atoms with van der Waals surface area (Å²) in [6.45, 7) is 0. The number of benzene rings is 1. The Morgan fingerprint density at radius 3 is 2.73 bits per heavy atom. The molecule has 78 valence electrons. The number of aliphatic hydroxyl groups excluding tert-OH is 1. The first-order valence-corrected chi connectivity index (χ1v) is 5.04. The Bertz CT molecular complexity index is 456. The fraction of sp³-hybridized carbons (Fsp3) is 0.100. The van der Waals surface area contributed by atoms with Gasteiger partial charge in [-0.05, 0) is 12.1 Å². The molecule has 0 amide bonds. The minimum absolute atomic E-state index is 0.218. The van der Waals surface area contributed by atoms with Gasteiger partial charge in [-0.1, -0.05) is 28.1 Å². The quantitative estimate of drug-likeness (QED) is 0.815. The van der Waals surface area contributed by atoms with Crippen molar-refractivity contribution in [2.24, 2.45) is 5.73 Å². The molecule has 1 aromatic carbocycles. The van der Waals surface area contributed by atoms with Gasteiger partial charge in [0, 0.05) is 10.0 Å². The van der Waals surface area contributed by atoms with Gasteiger partial charge >= 0.3 is 0 Å². The molecule has 5 heteroatoms. The van der Waals surface area contributed by atoms with Crippen molar-refractivity contribution in [1.29, 1.82) is 0 Å². The number of ketones is 1. The number of hydrogen-bond donors (Lipinski definition) is 2. The maximum Gasteiger partial charge on any atom is 0.247 e. The smallest absolute Gasteiger partial charge is 0.247 e. The van der Waals surface area contributed by atoms with E-state index in [0.29, 0.717) is 5.56 Å². The lowest BCUT2D eigenvalue weighted by molar-refractivity contribution is -0.123. The van der Waals surface area contributed by atoms with E-state index in [9.17, 15) is 9.90 Å². The fourth-order valence-corrected chi connectivity index (χ4v) is 1.79. The van der Waals surface area contributed by atoms with Crippen LogP contribution in [0.15, 0.2) is 40.4 Å². The van der Waals surface area contributed by atoms with E-state index in [4.69, 9.17) is 10.5 Å². The number of Topliss-reactive ketones (excluding diaryl/α,β-unsaturated/α-hetero) is 1. The van der Waals surface area contributed by atoms with Crippen LogP contribution in [-0.4, -0.2) is 10.9 Å². The third-order valence-corrected chi connectivity index (χ3v) is 2.59. The lowest BCUT2D eigenvalue weighted by Gasteiger charge is -2.09. The second kappa shape index (κ2) is 3.58. The van der Waals surface area contributed by atoms with Gasteiger partial charge in [0.1, 0.15) is 0 Å². The number of halogens is 1. The van der Waals surface area contributed by atoms with Crippen LogP contribution in [0, 0.1) is 0 Å². The van der Waals surface area contributed by atoms with Crippen molar-refractivity contribution in [3.8, 4) is 0 Å². The van der Waals surface area contributed by atoms with Crippen LogP contribution < -0.4 is 5.73 Å². The molecule has 0 aromatic heterocycles. The Hall–Kier alpha value is -1.49. The molecule has 1 heterocycles. The highest BCUT2D eigenvalue weighted by Gasteiger charge is 2.35. The Balaban J connectivity index is 2.33. The van der Waals surface area contributed by atoms with E-state index in [1.807, 2.05) is 6.07 Å². The first-order valence-electron chi connectivity index (χ1n) is 4.24. The van der Waals surface area contributed by atoms with Crippen LogP contribution in [0.5, 0.6) is 0 Å². The number of hydrogen-bond acceptors (Lipinski definition) is 4. The summed E-state index contributed by atoms with van der Waals surface area (Å²) >= 11 is 3.29. The highest BCUT2D eigenvalue weighted by atomic mass is 79.9. The van der Waals surface area contributed by atoms with Crippen LogP contribution >= 0.6 is 15.9 Å². The third kappa shape index (κ3) is 1.70. The SMILES string of the molecule is NC1=C(O)C(=O)C(c2cccc(Br)c2)O1. The maximum atomic E-state index is 11.5. The van der Waals surface area contributed by atoms with Gasteiger partial charge in [-0.3, -0.25) is 4.79 Å². The zero-order valence-corrected chi connectivity index (χ0v) is 9.19. The molecular formula is C10H8BrNO3. The molecule has 0 saturated carbocycles. The lowest BCUT2D eigenvalue weighted by Crippen LogP contribution is -2.09. The summed E-state index contributed by atoms with van der Waals surface area (Å²) in [5, 5.41) is 9.24. The van der Waals surface area contributed by atoms with Gasteiger partial charge in [0.05, 0.1) is 0 Å². The Kier molecular flexibility index (Phi) is 2.40. The van der Waals surface area contributed by atoms with Crippen molar-refractivity contribution in [3.05, 3.63) is 45.9 Å². The number of carbonyl (C=O) groups is 1. The van der Waals surface area contributed by atoms with E-state index < -0.39 is 17.6 Å². The summed E-state index contributed by atoms with van der Waals surface area (Å²) < 4.78 is 5.90.